The maximum atomic E-state index is 12.4. The average molecular weight is 255 g/mol. The molecular formula is C11H17N3O2S. The fourth-order valence-electron chi connectivity index (χ4n) is 1.83. The van der Waals surface area contributed by atoms with Gasteiger partial charge in [0.2, 0.25) is 10.0 Å². The summed E-state index contributed by atoms with van der Waals surface area (Å²) in [6.07, 6.45) is 3.45. The molecule has 0 aliphatic heterocycles. The summed E-state index contributed by atoms with van der Waals surface area (Å²) in [5, 5.41) is 2.85. The highest BCUT2D eigenvalue weighted by Gasteiger charge is 2.36. The predicted molar refractivity (Wildman–Crippen MR) is 66.4 cm³/mol. The summed E-state index contributed by atoms with van der Waals surface area (Å²) in [5.41, 5.74) is 0. The van der Waals surface area contributed by atoms with Crippen molar-refractivity contribution in [2.24, 2.45) is 0 Å². The summed E-state index contributed by atoms with van der Waals surface area (Å²) in [5.74, 6) is 0.568. The number of nitrogens with zero attached hydrogens (tertiary/aromatic N) is 2. The molecule has 1 saturated carbocycles. The van der Waals surface area contributed by atoms with E-state index in [-0.39, 0.29) is 6.04 Å². The Kier molecular flexibility index (Phi) is 3.35. The van der Waals surface area contributed by atoms with Crippen LogP contribution in [0.5, 0.6) is 0 Å². The Bertz CT molecular complexity index is 497. The van der Waals surface area contributed by atoms with Crippen molar-refractivity contribution in [3.63, 3.8) is 0 Å². The van der Waals surface area contributed by atoms with Crippen LogP contribution in [0, 0.1) is 0 Å². The van der Waals surface area contributed by atoms with Gasteiger partial charge in [-0.2, -0.15) is 4.31 Å². The van der Waals surface area contributed by atoms with E-state index >= 15 is 0 Å². The van der Waals surface area contributed by atoms with Crippen molar-refractivity contribution in [1.29, 1.82) is 0 Å². The average Bonchev–Trinajstić information content (AvgIpc) is 3.14. The Labute approximate surface area is 102 Å². The molecule has 1 fully saturated rings. The lowest BCUT2D eigenvalue weighted by molar-refractivity contribution is 0.421. The van der Waals surface area contributed by atoms with Gasteiger partial charge in [-0.25, -0.2) is 13.4 Å². The molecule has 0 radical (unpaired) electrons. The lowest BCUT2D eigenvalue weighted by atomic mass is 10.5. The first kappa shape index (κ1) is 12.3. The smallest absolute Gasteiger partial charge is 0.243 e. The zero-order chi connectivity index (χ0) is 12.5. The second-order valence-electron chi connectivity index (χ2n) is 4.07. The van der Waals surface area contributed by atoms with E-state index in [0.29, 0.717) is 17.3 Å². The molecule has 0 unspecified atom stereocenters. The number of rotatable bonds is 5. The minimum Gasteiger partial charge on any atom is -0.373 e. The van der Waals surface area contributed by atoms with Gasteiger partial charge >= 0.3 is 0 Å². The van der Waals surface area contributed by atoms with Crippen molar-refractivity contribution < 1.29 is 8.42 Å². The highest BCUT2D eigenvalue weighted by Crippen LogP contribution is 2.31. The van der Waals surface area contributed by atoms with Gasteiger partial charge in [0.25, 0.3) is 0 Å². The first-order chi connectivity index (χ1) is 8.09. The van der Waals surface area contributed by atoms with Crippen molar-refractivity contribution in [3.05, 3.63) is 18.3 Å². The van der Waals surface area contributed by atoms with Crippen molar-refractivity contribution in [2.75, 3.05) is 18.9 Å². The highest BCUT2D eigenvalue weighted by atomic mass is 32.2. The molecule has 1 heterocycles. The van der Waals surface area contributed by atoms with Crippen LogP contribution in [-0.2, 0) is 10.0 Å². The van der Waals surface area contributed by atoms with Gasteiger partial charge in [0.05, 0.1) is 4.90 Å². The summed E-state index contributed by atoms with van der Waals surface area (Å²) < 4.78 is 26.3. The number of hydrogen-bond acceptors (Lipinski definition) is 4. The molecule has 1 aromatic rings. The van der Waals surface area contributed by atoms with Crippen molar-refractivity contribution in [3.8, 4) is 0 Å². The molecule has 94 valence electrons. The summed E-state index contributed by atoms with van der Waals surface area (Å²) in [4.78, 5) is 4.33. The molecule has 5 nitrogen and oxygen atoms in total. The highest BCUT2D eigenvalue weighted by molar-refractivity contribution is 7.89. The lowest BCUT2D eigenvalue weighted by Gasteiger charge is -2.20. The van der Waals surface area contributed by atoms with Crippen LogP contribution in [0.3, 0.4) is 0 Å². The predicted octanol–water partition coefficient (Wildman–Crippen LogP) is 1.30. The number of pyridine rings is 1. The van der Waals surface area contributed by atoms with Crippen LogP contribution in [0.1, 0.15) is 19.8 Å². The number of sulfonamides is 1. The third-order valence-corrected chi connectivity index (χ3v) is 4.88. The van der Waals surface area contributed by atoms with Crippen molar-refractivity contribution in [1.82, 2.24) is 9.29 Å². The number of nitrogens with one attached hydrogen (secondary N) is 1. The molecule has 2 rings (SSSR count). The molecule has 0 bridgehead atoms. The lowest BCUT2D eigenvalue weighted by Crippen LogP contribution is -2.32. The first-order valence-corrected chi connectivity index (χ1v) is 7.19. The van der Waals surface area contributed by atoms with Gasteiger partial charge in [0, 0.05) is 31.9 Å². The second-order valence-corrected chi connectivity index (χ2v) is 5.96. The SMILES string of the molecule is CCN(C1CC1)S(=O)(=O)c1ccnc(NC)c1. The maximum Gasteiger partial charge on any atom is 0.243 e. The Balaban J connectivity index is 2.35. The minimum atomic E-state index is -3.37. The monoisotopic (exact) mass is 255 g/mol. The molecule has 0 atom stereocenters. The Morgan fingerprint density at radius 1 is 1.53 bits per heavy atom. The zero-order valence-corrected chi connectivity index (χ0v) is 10.9. The van der Waals surface area contributed by atoms with E-state index in [1.165, 1.54) is 6.20 Å². The third-order valence-electron chi connectivity index (χ3n) is 2.86. The van der Waals surface area contributed by atoms with Gasteiger partial charge in [0.1, 0.15) is 5.82 Å². The summed E-state index contributed by atoms with van der Waals surface area (Å²) in [7, 11) is -1.65. The van der Waals surface area contributed by atoms with E-state index in [1.54, 1.807) is 23.5 Å². The van der Waals surface area contributed by atoms with E-state index in [2.05, 4.69) is 10.3 Å². The quantitative estimate of drug-likeness (QED) is 0.861. The molecule has 1 N–H and O–H groups in total. The van der Waals surface area contributed by atoms with Gasteiger partial charge in [-0.15, -0.1) is 0 Å². The van der Waals surface area contributed by atoms with Crippen LogP contribution in [0.2, 0.25) is 0 Å². The molecule has 17 heavy (non-hydrogen) atoms. The molecule has 1 aromatic heterocycles. The molecular weight excluding hydrogens is 238 g/mol. The third kappa shape index (κ3) is 2.42. The molecule has 0 amide bonds. The minimum absolute atomic E-state index is 0.191. The van der Waals surface area contributed by atoms with Crippen LogP contribution in [0.15, 0.2) is 23.2 Å². The number of aromatic nitrogens is 1. The van der Waals surface area contributed by atoms with E-state index in [9.17, 15) is 8.42 Å². The number of anilines is 1. The Hall–Kier alpha value is -1.14. The molecule has 1 aliphatic carbocycles. The number of hydrogen-bond donors (Lipinski definition) is 1. The Morgan fingerprint density at radius 3 is 2.76 bits per heavy atom. The van der Waals surface area contributed by atoms with Gasteiger partial charge < -0.3 is 5.32 Å². The Morgan fingerprint density at radius 2 is 2.24 bits per heavy atom. The van der Waals surface area contributed by atoms with Crippen LogP contribution in [-0.4, -0.2) is 37.3 Å². The summed E-state index contributed by atoms with van der Waals surface area (Å²) >= 11 is 0. The van der Waals surface area contributed by atoms with Crippen molar-refractivity contribution >= 4 is 15.8 Å². The van der Waals surface area contributed by atoms with E-state index < -0.39 is 10.0 Å². The fraction of sp³-hybridized carbons (Fsp3) is 0.545. The van der Waals surface area contributed by atoms with E-state index in [0.717, 1.165) is 12.8 Å². The van der Waals surface area contributed by atoms with Crippen LogP contribution < -0.4 is 5.32 Å². The molecule has 0 saturated heterocycles. The van der Waals surface area contributed by atoms with Crippen LogP contribution >= 0.6 is 0 Å². The second kappa shape index (κ2) is 4.62. The van der Waals surface area contributed by atoms with E-state index in [4.69, 9.17) is 0 Å². The van der Waals surface area contributed by atoms with Crippen molar-refractivity contribution in [2.45, 2.75) is 30.7 Å². The van der Waals surface area contributed by atoms with Gasteiger partial charge in [-0.3, -0.25) is 0 Å². The largest absolute Gasteiger partial charge is 0.373 e. The summed E-state index contributed by atoms with van der Waals surface area (Å²) in [6.45, 7) is 2.39. The maximum absolute atomic E-state index is 12.4. The van der Waals surface area contributed by atoms with Crippen LogP contribution in [0.25, 0.3) is 0 Å². The molecule has 6 heteroatoms. The normalized spacial score (nSPS) is 16.2. The van der Waals surface area contributed by atoms with E-state index in [1.807, 2.05) is 6.92 Å². The summed E-state index contributed by atoms with van der Waals surface area (Å²) in [6, 6.07) is 3.30. The van der Waals surface area contributed by atoms with Gasteiger partial charge in [0.15, 0.2) is 0 Å². The van der Waals surface area contributed by atoms with Gasteiger partial charge in [-0.1, -0.05) is 6.92 Å². The standard InChI is InChI=1S/C11H17N3O2S/c1-3-14(9-4-5-9)17(15,16)10-6-7-13-11(8-10)12-2/h6-9H,3-5H2,1-2H3,(H,12,13). The topological polar surface area (TPSA) is 62.3 Å². The molecule has 0 aromatic carbocycles. The zero-order valence-electron chi connectivity index (χ0n) is 10.0. The fourth-order valence-corrected chi connectivity index (χ4v) is 3.54. The molecule has 1 aliphatic rings. The molecule has 0 spiro atoms. The first-order valence-electron chi connectivity index (χ1n) is 5.75. The van der Waals surface area contributed by atoms with Crippen LogP contribution in [0.4, 0.5) is 5.82 Å². The van der Waals surface area contributed by atoms with Gasteiger partial charge in [-0.05, 0) is 18.9 Å².